The minimum atomic E-state index is -0.0784. The van der Waals surface area contributed by atoms with Gasteiger partial charge >= 0.3 is 0 Å². The first-order valence-electron chi connectivity index (χ1n) is 6.74. The van der Waals surface area contributed by atoms with Crippen molar-refractivity contribution in [3.8, 4) is 0 Å². The van der Waals surface area contributed by atoms with Gasteiger partial charge in [-0.25, -0.2) is 4.98 Å². The number of nitrogens with two attached hydrogens (primary N) is 2. The van der Waals surface area contributed by atoms with Crippen molar-refractivity contribution in [1.82, 2.24) is 20.2 Å². The van der Waals surface area contributed by atoms with Crippen LogP contribution in [0.3, 0.4) is 0 Å². The molecule has 0 aliphatic heterocycles. The van der Waals surface area contributed by atoms with E-state index in [2.05, 4.69) is 30.5 Å². The highest BCUT2D eigenvalue weighted by Gasteiger charge is 2.10. The fraction of sp³-hybridized carbons (Fsp3) is 0. The number of anilines is 2. The second-order valence-electron chi connectivity index (χ2n) is 4.84. The van der Waals surface area contributed by atoms with Gasteiger partial charge in [0.15, 0.2) is 11.8 Å². The van der Waals surface area contributed by atoms with E-state index in [1.165, 1.54) is 0 Å². The van der Waals surface area contributed by atoms with E-state index >= 15 is 0 Å². The molecule has 0 saturated carbocycles. The molecule has 9 heteroatoms. The van der Waals surface area contributed by atoms with E-state index < -0.39 is 0 Å². The molecule has 4 aromatic rings. The number of aromatic amines is 1. The van der Waals surface area contributed by atoms with Gasteiger partial charge in [0.1, 0.15) is 0 Å². The highest BCUT2D eigenvalue weighted by Crippen LogP contribution is 2.30. The molecule has 0 saturated heterocycles. The largest absolute Gasteiger partial charge is 0.370 e. The molecule has 0 fully saturated rings. The molecular formula is C14H12N8S. The number of aromatic nitrogens is 4. The summed E-state index contributed by atoms with van der Waals surface area (Å²) < 4.78 is 0.937. The molecule has 114 valence electrons. The first-order valence-corrected chi connectivity index (χ1v) is 7.62. The number of nitrogens with zero attached hydrogens (tertiary/aromatic N) is 4. The Morgan fingerprint density at radius 2 is 2.13 bits per heavy atom. The number of thiophene rings is 1. The van der Waals surface area contributed by atoms with Crippen molar-refractivity contribution >= 4 is 55.9 Å². The predicted octanol–water partition coefficient (Wildman–Crippen LogP) is 2.22. The van der Waals surface area contributed by atoms with Crippen LogP contribution < -0.4 is 16.8 Å². The van der Waals surface area contributed by atoms with E-state index in [0.717, 1.165) is 26.8 Å². The summed E-state index contributed by atoms with van der Waals surface area (Å²) in [6, 6.07) is 7.79. The van der Waals surface area contributed by atoms with E-state index in [4.69, 9.17) is 11.5 Å². The van der Waals surface area contributed by atoms with Crippen LogP contribution in [0.4, 0.5) is 17.5 Å². The summed E-state index contributed by atoms with van der Waals surface area (Å²) >= 11 is 1.55. The maximum atomic E-state index is 5.42. The molecule has 0 radical (unpaired) electrons. The molecule has 6 N–H and O–H groups in total. The molecule has 0 amide bonds. The molecule has 3 heterocycles. The normalized spacial score (nSPS) is 11.0. The number of H-pyrrole nitrogens is 1. The van der Waals surface area contributed by atoms with Crippen molar-refractivity contribution in [1.29, 1.82) is 0 Å². The van der Waals surface area contributed by atoms with E-state index in [0.29, 0.717) is 5.82 Å². The molecule has 0 aliphatic carbocycles. The van der Waals surface area contributed by atoms with Gasteiger partial charge in [0.05, 0.1) is 21.9 Å². The van der Waals surface area contributed by atoms with Crippen molar-refractivity contribution in [3.63, 3.8) is 0 Å². The second kappa shape index (κ2) is 5.21. The van der Waals surface area contributed by atoms with Crippen molar-refractivity contribution in [2.75, 3.05) is 5.32 Å². The Morgan fingerprint density at radius 1 is 1.22 bits per heavy atom. The van der Waals surface area contributed by atoms with Gasteiger partial charge in [-0.15, -0.1) is 11.3 Å². The standard InChI is InChI=1S/C14H12N8S/c15-13(16)21-14-19-10-3-4-23-11(10)12(20-14)18-8-1-2-9-7(5-8)6-17-22-9/h1-6H,(H,17,22)(H5,15,16,18,19,20,21). The molecule has 23 heavy (non-hydrogen) atoms. The van der Waals surface area contributed by atoms with Gasteiger partial charge in [0.2, 0.25) is 0 Å². The number of rotatable bonds is 3. The highest BCUT2D eigenvalue weighted by molar-refractivity contribution is 7.17. The first kappa shape index (κ1) is 13.5. The third-order valence-corrected chi connectivity index (χ3v) is 4.13. The van der Waals surface area contributed by atoms with Crippen LogP contribution in [0, 0.1) is 0 Å². The number of aliphatic imine (C=N–C) groups is 1. The van der Waals surface area contributed by atoms with Gasteiger partial charge in [-0.05, 0) is 29.6 Å². The van der Waals surface area contributed by atoms with Crippen LogP contribution >= 0.6 is 11.3 Å². The first-order chi connectivity index (χ1) is 11.2. The summed E-state index contributed by atoms with van der Waals surface area (Å²) in [6.45, 7) is 0. The molecule has 4 rings (SSSR count). The molecule has 0 bridgehead atoms. The zero-order chi connectivity index (χ0) is 15.8. The van der Waals surface area contributed by atoms with Crippen molar-refractivity contribution in [2.45, 2.75) is 0 Å². The maximum absolute atomic E-state index is 5.42. The number of hydrogen-bond donors (Lipinski definition) is 4. The van der Waals surface area contributed by atoms with Crippen molar-refractivity contribution < 1.29 is 0 Å². The van der Waals surface area contributed by atoms with Crippen LogP contribution in [0.1, 0.15) is 0 Å². The Morgan fingerprint density at radius 3 is 3.00 bits per heavy atom. The molecule has 0 unspecified atom stereocenters. The van der Waals surface area contributed by atoms with E-state index in [1.807, 2.05) is 29.6 Å². The molecule has 0 aliphatic rings. The SMILES string of the molecule is NC(N)=Nc1nc(Nc2ccc3[nH]ncc3c2)c2sccc2n1. The Balaban J connectivity index is 1.80. The Labute approximate surface area is 134 Å². The predicted molar refractivity (Wildman–Crippen MR) is 92.3 cm³/mol. The Bertz CT molecular complexity index is 1030. The van der Waals surface area contributed by atoms with Crippen LogP contribution in [0.5, 0.6) is 0 Å². The maximum Gasteiger partial charge on any atom is 0.255 e. The fourth-order valence-corrected chi connectivity index (χ4v) is 3.03. The lowest BCUT2D eigenvalue weighted by atomic mass is 10.2. The molecule has 8 nitrogen and oxygen atoms in total. The van der Waals surface area contributed by atoms with Gasteiger partial charge < -0.3 is 16.8 Å². The second-order valence-corrected chi connectivity index (χ2v) is 5.76. The number of fused-ring (bicyclic) bond motifs is 2. The van der Waals surface area contributed by atoms with Gasteiger partial charge in [0, 0.05) is 11.1 Å². The number of hydrogen-bond acceptors (Lipinski definition) is 6. The Hall–Kier alpha value is -3.20. The topological polar surface area (TPSA) is 131 Å². The number of benzene rings is 1. The fourth-order valence-electron chi connectivity index (χ4n) is 2.26. The minimum absolute atomic E-state index is 0.0784. The van der Waals surface area contributed by atoms with Crippen LogP contribution in [0.2, 0.25) is 0 Å². The van der Waals surface area contributed by atoms with Gasteiger partial charge in [-0.1, -0.05) is 0 Å². The van der Waals surface area contributed by atoms with Crippen LogP contribution in [0.25, 0.3) is 21.1 Å². The summed E-state index contributed by atoms with van der Waals surface area (Å²) in [6.07, 6.45) is 1.77. The summed E-state index contributed by atoms with van der Waals surface area (Å²) in [5.41, 5.74) is 13.5. The molecule has 0 spiro atoms. The third-order valence-electron chi connectivity index (χ3n) is 3.22. The summed E-state index contributed by atoms with van der Waals surface area (Å²) in [5, 5.41) is 13.2. The van der Waals surface area contributed by atoms with Crippen molar-refractivity contribution in [3.05, 3.63) is 35.8 Å². The molecule has 0 atom stereocenters. The summed E-state index contributed by atoms with van der Waals surface area (Å²) in [5.74, 6) is 0.806. The summed E-state index contributed by atoms with van der Waals surface area (Å²) in [4.78, 5) is 12.6. The average molecular weight is 324 g/mol. The minimum Gasteiger partial charge on any atom is -0.370 e. The molecule has 3 aromatic heterocycles. The third kappa shape index (κ3) is 2.53. The molecular weight excluding hydrogens is 312 g/mol. The Kier molecular flexibility index (Phi) is 3.05. The van der Waals surface area contributed by atoms with Crippen LogP contribution in [-0.4, -0.2) is 26.1 Å². The zero-order valence-corrected chi connectivity index (χ0v) is 12.6. The number of guanidine groups is 1. The summed E-state index contributed by atoms with van der Waals surface area (Å²) in [7, 11) is 0. The van der Waals surface area contributed by atoms with E-state index in [9.17, 15) is 0 Å². The van der Waals surface area contributed by atoms with E-state index in [1.54, 1.807) is 17.5 Å². The van der Waals surface area contributed by atoms with Gasteiger partial charge in [-0.3, -0.25) is 5.10 Å². The lowest BCUT2D eigenvalue weighted by molar-refractivity contribution is 1.12. The monoisotopic (exact) mass is 324 g/mol. The molecule has 1 aromatic carbocycles. The quantitative estimate of drug-likeness (QED) is 0.337. The lowest BCUT2D eigenvalue weighted by Crippen LogP contribution is -2.22. The van der Waals surface area contributed by atoms with Gasteiger partial charge in [-0.2, -0.15) is 15.1 Å². The average Bonchev–Trinajstić information content (AvgIpc) is 3.14. The highest BCUT2D eigenvalue weighted by atomic mass is 32.1. The van der Waals surface area contributed by atoms with Crippen LogP contribution in [0.15, 0.2) is 40.8 Å². The lowest BCUT2D eigenvalue weighted by Gasteiger charge is -2.07. The number of nitrogens with one attached hydrogen (secondary N) is 2. The zero-order valence-electron chi connectivity index (χ0n) is 11.8. The van der Waals surface area contributed by atoms with Crippen LogP contribution in [-0.2, 0) is 0 Å². The van der Waals surface area contributed by atoms with Crippen molar-refractivity contribution in [2.24, 2.45) is 16.5 Å². The van der Waals surface area contributed by atoms with E-state index in [-0.39, 0.29) is 11.9 Å². The van der Waals surface area contributed by atoms with Gasteiger partial charge in [0.25, 0.3) is 5.95 Å². The smallest absolute Gasteiger partial charge is 0.255 e.